The molecular weight excluding hydrogens is 172 g/mol. The average Bonchev–Trinajstić information content (AvgIpc) is 2.21. The maximum absolute atomic E-state index is 5.59. The third kappa shape index (κ3) is 4.31. The number of rotatable bonds is 6. The SMILES string of the molecule is [CH2]CCCCCOc1ccc(C)cc1. The lowest BCUT2D eigenvalue weighted by Crippen LogP contribution is -1.96. The van der Waals surface area contributed by atoms with Gasteiger partial charge in [-0.15, -0.1) is 0 Å². The van der Waals surface area contributed by atoms with Gasteiger partial charge in [0, 0.05) is 0 Å². The molecule has 0 aromatic heterocycles. The van der Waals surface area contributed by atoms with Gasteiger partial charge in [0.15, 0.2) is 0 Å². The van der Waals surface area contributed by atoms with Crippen LogP contribution in [0.15, 0.2) is 24.3 Å². The largest absolute Gasteiger partial charge is 0.494 e. The molecule has 0 fully saturated rings. The molecule has 1 nitrogen and oxygen atoms in total. The molecule has 1 radical (unpaired) electrons. The Morgan fingerprint density at radius 2 is 1.79 bits per heavy atom. The number of ether oxygens (including phenoxy) is 1. The topological polar surface area (TPSA) is 9.23 Å². The lowest BCUT2D eigenvalue weighted by Gasteiger charge is -2.05. The molecule has 77 valence electrons. The fourth-order valence-electron chi connectivity index (χ4n) is 1.28. The molecule has 0 bridgehead atoms. The first kappa shape index (κ1) is 11.1. The third-order valence-electron chi connectivity index (χ3n) is 2.18. The zero-order valence-electron chi connectivity index (χ0n) is 8.96. The van der Waals surface area contributed by atoms with Gasteiger partial charge >= 0.3 is 0 Å². The highest BCUT2D eigenvalue weighted by atomic mass is 16.5. The lowest BCUT2D eigenvalue weighted by atomic mass is 10.2. The van der Waals surface area contributed by atoms with E-state index in [0.717, 1.165) is 25.2 Å². The highest BCUT2D eigenvalue weighted by molar-refractivity contribution is 5.26. The van der Waals surface area contributed by atoms with Gasteiger partial charge in [0.1, 0.15) is 5.75 Å². The summed E-state index contributed by atoms with van der Waals surface area (Å²) in [6.45, 7) is 6.71. The molecule has 0 aliphatic rings. The van der Waals surface area contributed by atoms with Crippen LogP contribution in [0.25, 0.3) is 0 Å². The van der Waals surface area contributed by atoms with Gasteiger partial charge in [-0.1, -0.05) is 43.9 Å². The molecule has 0 aliphatic heterocycles. The van der Waals surface area contributed by atoms with E-state index in [9.17, 15) is 0 Å². The van der Waals surface area contributed by atoms with E-state index >= 15 is 0 Å². The Morgan fingerprint density at radius 1 is 1.07 bits per heavy atom. The fourth-order valence-corrected chi connectivity index (χ4v) is 1.28. The predicted molar refractivity (Wildman–Crippen MR) is 60.5 cm³/mol. The minimum atomic E-state index is 0.822. The molecule has 14 heavy (non-hydrogen) atoms. The van der Waals surface area contributed by atoms with E-state index in [0.29, 0.717) is 0 Å². The van der Waals surface area contributed by atoms with Crippen LogP contribution in [0.5, 0.6) is 5.75 Å². The van der Waals surface area contributed by atoms with Crippen molar-refractivity contribution in [3.8, 4) is 5.75 Å². The summed E-state index contributed by atoms with van der Waals surface area (Å²) in [5.41, 5.74) is 1.27. The molecular formula is C13H19O. The molecule has 0 heterocycles. The Bertz CT molecular complexity index is 238. The van der Waals surface area contributed by atoms with Gasteiger partial charge in [0.2, 0.25) is 0 Å². The van der Waals surface area contributed by atoms with Crippen LogP contribution in [-0.2, 0) is 0 Å². The summed E-state index contributed by atoms with van der Waals surface area (Å²) >= 11 is 0. The molecule has 1 aromatic carbocycles. The highest BCUT2D eigenvalue weighted by Gasteiger charge is 1.92. The van der Waals surface area contributed by atoms with Crippen LogP contribution in [0.4, 0.5) is 0 Å². The second kappa shape index (κ2) is 6.47. The van der Waals surface area contributed by atoms with E-state index in [1.807, 2.05) is 12.1 Å². The summed E-state index contributed by atoms with van der Waals surface area (Å²) in [6, 6.07) is 8.20. The summed E-state index contributed by atoms with van der Waals surface area (Å²) < 4.78 is 5.59. The molecule has 0 spiro atoms. The second-order valence-corrected chi connectivity index (χ2v) is 3.58. The summed E-state index contributed by atoms with van der Waals surface area (Å²) in [5, 5.41) is 0. The van der Waals surface area contributed by atoms with E-state index in [1.54, 1.807) is 0 Å². The molecule has 1 aromatic rings. The van der Waals surface area contributed by atoms with Crippen molar-refractivity contribution in [3.63, 3.8) is 0 Å². The fraction of sp³-hybridized carbons (Fsp3) is 0.462. The maximum Gasteiger partial charge on any atom is 0.119 e. The molecule has 0 saturated heterocycles. The van der Waals surface area contributed by atoms with E-state index in [-0.39, 0.29) is 0 Å². The van der Waals surface area contributed by atoms with Crippen LogP contribution in [0.3, 0.4) is 0 Å². The third-order valence-corrected chi connectivity index (χ3v) is 2.18. The Morgan fingerprint density at radius 3 is 2.43 bits per heavy atom. The number of hydrogen-bond acceptors (Lipinski definition) is 1. The van der Waals surface area contributed by atoms with Crippen LogP contribution >= 0.6 is 0 Å². The van der Waals surface area contributed by atoms with Gasteiger partial charge in [-0.2, -0.15) is 0 Å². The molecule has 0 aliphatic carbocycles. The normalized spacial score (nSPS) is 10.1. The molecule has 0 atom stereocenters. The summed E-state index contributed by atoms with van der Waals surface area (Å²) in [7, 11) is 0. The Labute approximate surface area is 87.1 Å². The van der Waals surface area contributed by atoms with Crippen LogP contribution in [0, 0.1) is 13.8 Å². The van der Waals surface area contributed by atoms with E-state index in [4.69, 9.17) is 4.74 Å². The van der Waals surface area contributed by atoms with Crippen LogP contribution < -0.4 is 4.74 Å². The van der Waals surface area contributed by atoms with Crippen molar-refractivity contribution in [3.05, 3.63) is 36.8 Å². The van der Waals surface area contributed by atoms with Gasteiger partial charge in [0.25, 0.3) is 0 Å². The van der Waals surface area contributed by atoms with Gasteiger partial charge in [-0.05, 0) is 25.5 Å². The van der Waals surface area contributed by atoms with Gasteiger partial charge in [0.05, 0.1) is 6.61 Å². The minimum absolute atomic E-state index is 0.822. The van der Waals surface area contributed by atoms with Crippen LogP contribution in [0.2, 0.25) is 0 Å². The molecule has 0 amide bonds. The van der Waals surface area contributed by atoms with Crippen molar-refractivity contribution < 1.29 is 4.74 Å². The molecule has 1 rings (SSSR count). The van der Waals surface area contributed by atoms with Crippen molar-refractivity contribution in [2.75, 3.05) is 6.61 Å². The molecule has 0 unspecified atom stereocenters. The smallest absolute Gasteiger partial charge is 0.119 e. The monoisotopic (exact) mass is 191 g/mol. The maximum atomic E-state index is 5.59. The van der Waals surface area contributed by atoms with Crippen LogP contribution in [0.1, 0.15) is 31.2 Å². The Kier molecular flexibility index (Phi) is 5.13. The number of unbranched alkanes of at least 4 members (excludes halogenated alkanes) is 3. The first-order valence-corrected chi connectivity index (χ1v) is 5.31. The van der Waals surface area contributed by atoms with Crippen molar-refractivity contribution in [2.24, 2.45) is 0 Å². The number of hydrogen-bond donors (Lipinski definition) is 0. The lowest BCUT2D eigenvalue weighted by molar-refractivity contribution is 0.305. The Hall–Kier alpha value is -0.980. The van der Waals surface area contributed by atoms with E-state index in [2.05, 4.69) is 26.0 Å². The first-order valence-electron chi connectivity index (χ1n) is 5.31. The number of benzene rings is 1. The zero-order valence-corrected chi connectivity index (χ0v) is 8.96. The first-order chi connectivity index (χ1) is 6.83. The van der Waals surface area contributed by atoms with Gasteiger partial charge in [-0.25, -0.2) is 0 Å². The zero-order chi connectivity index (χ0) is 10.2. The summed E-state index contributed by atoms with van der Waals surface area (Å²) in [5.74, 6) is 0.977. The predicted octanol–water partition coefficient (Wildman–Crippen LogP) is 3.77. The molecule has 0 N–H and O–H groups in total. The highest BCUT2D eigenvalue weighted by Crippen LogP contribution is 2.12. The van der Waals surface area contributed by atoms with Gasteiger partial charge in [-0.3, -0.25) is 0 Å². The Balaban J connectivity index is 2.15. The van der Waals surface area contributed by atoms with Crippen LogP contribution in [-0.4, -0.2) is 6.61 Å². The standard InChI is InChI=1S/C13H19O/c1-3-4-5-6-11-14-13-9-7-12(2)8-10-13/h7-10H,1,3-6,11H2,2H3. The minimum Gasteiger partial charge on any atom is -0.494 e. The van der Waals surface area contributed by atoms with Crippen molar-refractivity contribution >= 4 is 0 Å². The molecule has 0 saturated carbocycles. The number of aryl methyl sites for hydroxylation is 1. The second-order valence-electron chi connectivity index (χ2n) is 3.58. The van der Waals surface area contributed by atoms with Crippen molar-refractivity contribution in [1.82, 2.24) is 0 Å². The molecule has 1 heteroatoms. The van der Waals surface area contributed by atoms with Crippen molar-refractivity contribution in [1.29, 1.82) is 0 Å². The quantitative estimate of drug-likeness (QED) is 0.622. The average molecular weight is 191 g/mol. The van der Waals surface area contributed by atoms with Gasteiger partial charge < -0.3 is 4.74 Å². The van der Waals surface area contributed by atoms with E-state index < -0.39 is 0 Å². The summed E-state index contributed by atoms with van der Waals surface area (Å²) in [6.07, 6.45) is 4.58. The van der Waals surface area contributed by atoms with E-state index in [1.165, 1.54) is 18.4 Å². The van der Waals surface area contributed by atoms with Crippen molar-refractivity contribution in [2.45, 2.75) is 32.6 Å². The summed E-state index contributed by atoms with van der Waals surface area (Å²) in [4.78, 5) is 0.